The first kappa shape index (κ1) is 17.2. The molecule has 4 nitrogen and oxygen atoms in total. The maximum absolute atomic E-state index is 13.0. The van der Waals surface area contributed by atoms with Gasteiger partial charge in [-0.1, -0.05) is 24.6 Å². The van der Waals surface area contributed by atoms with E-state index in [4.69, 9.17) is 16.7 Å². The third-order valence-corrected chi connectivity index (χ3v) is 3.61. The van der Waals surface area contributed by atoms with Crippen LogP contribution in [0.25, 0.3) is 6.08 Å². The van der Waals surface area contributed by atoms with Crippen LogP contribution in [-0.2, 0) is 9.59 Å². The summed E-state index contributed by atoms with van der Waals surface area (Å²) in [6.45, 7) is 3.35. The highest BCUT2D eigenvalue weighted by molar-refractivity contribution is 6.30. The van der Waals surface area contributed by atoms with Crippen molar-refractivity contribution >= 4 is 29.6 Å². The Labute approximate surface area is 127 Å². The van der Waals surface area contributed by atoms with Crippen LogP contribution in [-0.4, -0.2) is 23.5 Å². The highest BCUT2D eigenvalue weighted by atomic mass is 35.5. The van der Waals surface area contributed by atoms with Crippen LogP contribution in [0.15, 0.2) is 24.3 Å². The molecule has 0 radical (unpaired) electrons. The number of benzene rings is 1. The average molecular weight is 314 g/mol. The van der Waals surface area contributed by atoms with Gasteiger partial charge in [-0.25, -0.2) is 4.39 Å². The fourth-order valence-electron chi connectivity index (χ4n) is 1.48. The van der Waals surface area contributed by atoms with E-state index in [2.05, 4.69) is 5.32 Å². The number of carboxylic acids is 1. The van der Waals surface area contributed by atoms with Crippen LogP contribution in [0, 0.1) is 11.2 Å². The quantitative estimate of drug-likeness (QED) is 0.793. The topological polar surface area (TPSA) is 66.4 Å². The van der Waals surface area contributed by atoms with E-state index in [0.29, 0.717) is 12.0 Å². The molecule has 0 heterocycles. The lowest BCUT2D eigenvalue weighted by molar-refractivity contribution is -0.148. The molecule has 2 N–H and O–H groups in total. The number of rotatable bonds is 6. The fourth-order valence-corrected chi connectivity index (χ4v) is 1.67. The van der Waals surface area contributed by atoms with Gasteiger partial charge in [-0.2, -0.15) is 0 Å². The van der Waals surface area contributed by atoms with E-state index >= 15 is 0 Å². The number of halogens is 2. The van der Waals surface area contributed by atoms with Crippen LogP contribution in [0.5, 0.6) is 0 Å². The van der Waals surface area contributed by atoms with Gasteiger partial charge in [0, 0.05) is 12.6 Å². The molecule has 21 heavy (non-hydrogen) atoms. The van der Waals surface area contributed by atoms with E-state index in [-0.39, 0.29) is 11.6 Å². The fraction of sp³-hybridized carbons (Fsp3) is 0.333. The smallest absolute Gasteiger partial charge is 0.311 e. The van der Waals surface area contributed by atoms with E-state index in [9.17, 15) is 14.0 Å². The van der Waals surface area contributed by atoms with Gasteiger partial charge in [0.05, 0.1) is 10.4 Å². The molecule has 0 aliphatic rings. The van der Waals surface area contributed by atoms with E-state index in [0.717, 1.165) is 0 Å². The van der Waals surface area contributed by atoms with Crippen LogP contribution < -0.4 is 5.32 Å². The molecule has 1 rings (SSSR count). The second-order valence-electron chi connectivity index (χ2n) is 4.94. The maximum atomic E-state index is 13.0. The summed E-state index contributed by atoms with van der Waals surface area (Å²) in [5.74, 6) is -1.91. The monoisotopic (exact) mass is 313 g/mol. The summed E-state index contributed by atoms with van der Waals surface area (Å²) >= 11 is 5.63. The molecule has 0 aliphatic carbocycles. The maximum Gasteiger partial charge on any atom is 0.311 e. The van der Waals surface area contributed by atoms with Crippen molar-refractivity contribution in [2.24, 2.45) is 5.41 Å². The second-order valence-corrected chi connectivity index (χ2v) is 5.35. The number of carboxylic acid groups (broad SMARTS) is 1. The number of hydrogen-bond acceptors (Lipinski definition) is 2. The van der Waals surface area contributed by atoms with Crippen LogP contribution in [0.3, 0.4) is 0 Å². The Morgan fingerprint density at radius 2 is 2.14 bits per heavy atom. The molecule has 6 heteroatoms. The lowest BCUT2D eigenvalue weighted by Crippen LogP contribution is -2.40. The van der Waals surface area contributed by atoms with E-state index in [1.165, 1.54) is 30.4 Å². The summed E-state index contributed by atoms with van der Waals surface area (Å²) in [5.41, 5.74) is -0.420. The molecule has 1 aromatic rings. The number of hydrogen-bond donors (Lipinski definition) is 2. The standard InChI is InChI=1S/C15H17ClFNO3/c1-3-15(2,14(20)21)9-18-13(19)7-5-10-4-6-12(17)11(16)8-10/h4-8H,3,9H2,1-2H3,(H,18,19)(H,20,21)/b7-5+. The van der Waals surface area contributed by atoms with Crippen molar-refractivity contribution < 1.29 is 19.1 Å². The Morgan fingerprint density at radius 1 is 1.48 bits per heavy atom. The number of nitrogens with one attached hydrogen (secondary N) is 1. The average Bonchev–Trinajstić information content (AvgIpc) is 2.45. The molecule has 1 aromatic carbocycles. The molecule has 1 atom stereocenters. The molecule has 114 valence electrons. The number of amides is 1. The Balaban J connectivity index is 2.63. The summed E-state index contributed by atoms with van der Waals surface area (Å²) in [4.78, 5) is 22.7. The molecule has 0 fully saturated rings. The van der Waals surface area contributed by atoms with Crippen molar-refractivity contribution in [3.05, 3.63) is 40.7 Å². The molecular weight excluding hydrogens is 297 g/mol. The number of carbonyl (C=O) groups is 2. The third kappa shape index (κ3) is 4.86. The van der Waals surface area contributed by atoms with Gasteiger partial charge in [0.2, 0.25) is 5.91 Å². The first-order valence-corrected chi connectivity index (χ1v) is 6.80. The lowest BCUT2D eigenvalue weighted by Gasteiger charge is -2.22. The van der Waals surface area contributed by atoms with Crippen molar-refractivity contribution in [2.75, 3.05) is 6.54 Å². The Bertz CT molecular complexity index is 574. The molecule has 0 spiro atoms. The first-order chi connectivity index (χ1) is 9.78. The van der Waals surface area contributed by atoms with Crippen molar-refractivity contribution in [2.45, 2.75) is 20.3 Å². The van der Waals surface area contributed by atoms with Crippen molar-refractivity contribution in [3.63, 3.8) is 0 Å². The minimum Gasteiger partial charge on any atom is -0.481 e. The highest BCUT2D eigenvalue weighted by Gasteiger charge is 2.31. The van der Waals surface area contributed by atoms with Gasteiger partial charge in [0.15, 0.2) is 0 Å². The zero-order valence-corrected chi connectivity index (χ0v) is 12.6. The van der Waals surface area contributed by atoms with Crippen LogP contribution in [0.2, 0.25) is 5.02 Å². The molecule has 0 bridgehead atoms. The molecule has 0 saturated heterocycles. The van der Waals surface area contributed by atoms with E-state index in [1.54, 1.807) is 13.8 Å². The molecule has 1 unspecified atom stereocenters. The van der Waals surface area contributed by atoms with E-state index in [1.807, 2.05) is 0 Å². The third-order valence-electron chi connectivity index (χ3n) is 3.32. The van der Waals surface area contributed by atoms with Crippen molar-refractivity contribution in [1.29, 1.82) is 0 Å². The lowest BCUT2D eigenvalue weighted by atomic mass is 9.88. The van der Waals surface area contributed by atoms with Gasteiger partial charge in [-0.3, -0.25) is 9.59 Å². The van der Waals surface area contributed by atoms with Crippen LogP contribution in [0.4, 0.5) is 4.39 Å². The Hall–Kier alpha value is -1.88. The summed E-state index contributed by atoms with van der Waals surface area (Å²) in [5, 5.41) is 11.6. The zero-order chi connectivity index (χ0) is 16.0. The normalized spacial score (nSPS) is 13.9. The van der Waals surface area contributed by atoms with E-state index < -0.39 is 23.1 Å². The van der Waals surface area contributed by atoms with Crippen LogP contribution in [0.1, 0.15) is 25.8 Å². The summed E-state index contributed by atoms with van der Waals surface area (Å²) in [7, 11) is 0. The Kier molecular flexibility index (Phi) is 5.90. The second kappa shape index (κ2) is 7.22. The van der Waals surface area contributed by atoms with Crippen molar-refractivity contribution in [3.8, 4) is 0 Å². The molecule has 0 aromatic heterocycles. The predicted molar refractivity (Wildman–Crippen MR) is 79.5 cm³/mol. The van der Waals surface area contributed by atoms with Gasteiger partial charge in [0.1, 0.15) is 5.82 Å². The summed E-state index contributed by atoms with van der Waals surface area (Å²) in [6, 6.07) is 4.09. The van der Waals surface area contributed by atoms with Crippen molar-refractivity contribution in [1.82, 2.24) is 5.32 Å². The van der Waals surface area contributed by atoms with Gasteiger partial charge >= 0.3 is 5.97 Å². The molecule has 1 amide bonds. The number of aliphatic carboxylic acids is 1. The number of carbonyl (C=O) groups excluding carboxylic acids is 1. The summed E-state index contributed by atoms with van der Waals surface area (Å²) in [6.07, 6.45) is 3.13. The van der Waals surface area contributed by atoms with Gasteiger partial charge in [-0.05, 0) is 37.1 Å². The summed E-state index contributed by atoms with van der Waals surface area (Å²) < 4.78 is 13.0. The first-order valence-electron chi connectivity index (χ1n) is 6.43. The van der Waals surface area contributed by atoms with Gasteiger partial charge in [0.25, 0.3) is 0 Å². The molecule has 0 saturated carbocycles. The Morgan fingerprint density at radius 3 is 2.67 bits per heavy atom. The van der Waals surface area contributed by atoms with Gasteiger partial charge < -0.3 is 10.4 Å². The minimum atomic E-state index is -0.997. The zero-order valence-electron chi connectivity index (χ0n) is 11.8. The van der Waals surface area contributed by atoms with Crippen LogP contribution >= 0.6 is 11.6 Å². The minimum absolute atomic E-state index is 0.0259. The largest absolute Gasteiger partial charge is 0.481 e. The predicted octanol–water partition coefficient (Wildman–Crippen LogP) is 3.11. The highest BCUT2D eigenvalue weighted by Crippen LogP contribution is 2.20. The molecule has 0 aliphatic heterocycles. The van der Waals surface area contributed by atoms with Gasteiger partial charge in [-0.15, -0.1) is 0 Å². The SMILES string of the molecule is CCC(C)(CNC(=O)/C=C/c1ccc(F)c(Cl)c1)C(=O)O. The molecular formula is C15H17ClFNO3.